The Balaban J connectivity index is 1.88. The van der Waals surface area contributed by atoms with Crippen molar-refractivity contribution in [2.75, 3.05) is 13.1 Å². The number of fused-ring (bicyclic) bond motifs is 1. The second-order valence-corrected chi connectivity index (χ2v) is 7.90. The maximum Gasteiger partial charge on any atom is 0.332 e. The third-order valence-corrected chi connectivity index (χ3v) is 5.71. The summed E-state index contributed by atoms with van der Waals surface area (Å²) >= 11 is 6.16. The van der Waals surface area contributed by atoms with Crippen LogP contribution in [0, 0.1) is 0 Å². The molecule has 0 radical (unpaired) electrons. The molecule has 3 heterocycles. The van der Waals surface area contributed by atoms with Gasteiger partial charge < -0.3 is 4.57 Å². The van der Waals surface area contributed by atoms with Crippen molar-refractivity contribution in [1.29, 1.82) is 0 Å². The zero-order valence-electron chi connectivity index (χ0n) is 16.2. The highest BCUT2D eigenvalue weighted by Gasteiger charge is 2.21. The van der Waals surface area contributed by atoms with Crippen LogP contribution in [0.2, 0.25) is 5.02 Å². The molecule has 2 aromatic heterocycles. The van der Waals surface area contributed by atoms with E-state index < -0.39 is 0 Å². The Morgan fingerprint density at radius 3 is 2.50 bits per heavy atom. The van der Waals surface area contributed by atoms with E-state index in [0.717, 1.165) is 29.0 Å². The van der Waals surface area contributed by atoms with E-state index in [-0.39, 0.29) is 11.2 Å². The minimum Gasteiger partial charge on any atom is -0.317 e. The molecule has 1 aliphatic heterocycles. The Kier molecular flexibility index (Phi) is 5.12. The smallest absolute Gasteiger partial charge is 0.317 e. The predicted octanol–water partition coefficient (Wildman–Crippen LogP) is 2.12. The number of nitrogens with zero attached hydrogens (tertiary/aromatic N) is 5. The molecule has 1 fully saturated rings. The summed E-state index contributed by atoms with van der Waals surface area (Å²) < 4.78 is 4.53. The van der Waals surface area contributed by atoms with Gasteiger partial charge in [0.2, 0.25) is 0 Å². The van der Waals surface area contributed by atoms with Crippen molar-refractivity contribution in [3.63, 3.8) is 0 Å². The highest BCUT2D eigenvalue weighted by Crippen LogP contribution is 2.19. The largest absolute Gasteiger partial charge is 0.332 e. The summed E-state index contributed by atoms with van der Waals surface area (Å²) in [5.74, 6) is 0.801. The first-order valence-corrected chi connectivity index (χ1v) is 9.95. The number of hydrogen-bond acceptors (Lipinski definition) is 4. The number of rotatable bonds is 4. The van der Waals surface area contributed by atoms with Crippen LogP contribution in [-0.4, -0.2) is 36.7 Å². The standard InChI is InChI=1S/C20H24ClN5O2/c1-23-18-17(19(27)24(2)20(23)28)26(12-14-7-6-8-15(21)11-14)16(22-18)13-25-9-4-3-5-10-25/h6-8,11H,3-5,9-10,12-13H2,1-2H3. The lowest BCUT2D eigenvalue weighted by Crippen LogP contribution is -2.37. The lowest BCUT2D eigenvalue weighted by molar-refractivity contribution is 0.214. The Morgan fingerprint density at radius 2 is 1.79 bits per heavy atom. The third-order valence-electron chi connectivity index (χ3n) is 5.47. The van der Waals surface area contributed by atoms with E-state index in [0.29, 0.717) is 29.3 Å². The van der Waals surface area contributed by atoms with Crippen molar-refractivity contribution in [2.24, 2.45) is 14.1 Å². The predicted molar refractivity (Wildman–Crippen MR) is 110 cm³/mol. The highest BCUT2D eigenvalue weighted by atomic mass is 35.5. The SMILES string of the molecule is Cn1c(=O)c2c(nc(CN3CCCCC3)n2Cc2cccc(Cl)c2)n(C)c1=O. The average molecular weight is 402 g/mol. The van der Waals surface area contributed by atoms with E-state index >= 15 is 0 Å². The lowest BCUT2D eigenvalue weighted by Gasteiger charge is -2.26. The van der Waals surface area contributed by atoms with Crippen LogP contribution >= 0.6 is 11.6 Å². The van der Waals surface area contributed by atoms with Gasteiger partial charge in [-0.15, -0.1) is 0 Å². The molecule has 148 valence electrons. The van der Waals surface area contributed by atoms with Gasteiger partial charge in [-0.3, -0.25) is 18.8 Å². The van der Waals surface area contributed by atoms with Gasteiger partial charge in [0.05, 0.1) is 6.54 Å². The fourth-order valence-electron chi connectivity index (χ4n) is 3.92. The molecule has 0 saturated carbocycles. The molecule has 4 rings (SSSR count). The summed E-state index contributed by atoms with van der Waals surface area (Å²) in [6.45, 7) is 3.19. The molecule has 0 spiro atoms. The molecule has 7 nitrogen and oxygen atoms in total. The molecule has 1 aliphatic rings. The summed E-state index contributed by atoms with van der Waals surface area (Å²) in [7, 11) is 3.16. The summed E-state index contributed by atoms with van der Waals surface area (Å²) in [5, 5.41) is 0.653. The number of halogens is 1. The third kappa shape index (κ3) is 3.40. The van der Waals surface area contributed by atoms with Crippen LogP contribution in [-0.2, 0) is 27.2 Å². The van der Waals surface area contributed by atoms with Crippen LogP contribution in [0.3, 0.4) is 0 Å². The summed E-state index contributed by atoms with van der Waals surface area (Å²) in [4.78, 5) is 32.4. The van der Waals surface area contributed by atoms with Gasteiger partial charge in [-0.25, -0.2) is 9.78 Å². The Hall–Kier alpha value is -2.38. The van der Waals surface area contributed by atoms with Crippen LogP contribution in [0.15, 0.2) is 33.9 Å². The lowest BCUT2D eigenvalue weighted by atomic mass is 10.1. The van der Waals surface area contributed by atoms with Crippen LogP contribution in [0.1, 0.15) is 30.7 Å². The van der Waals surface area contributed by atoms with Gasteiger partial charge in [-0.1, -0.05) is 30.2 Å². The first kappa shape index (κ1) is 19.0. The van der Waals surface area contributed by atoms with Gasteiger partial charge in [-0.05, 0) is 43.6 Å². The molecule has 1 saturated heterocycles. The summed E-state index contributed by atoms with van der Waals surface area (Å²) in [6.07, 6.45) is 3.61. The van der Waals surface area contributed by atoms with Crippen molar-refractivity contribution < 1.29 is 0 Å². The number of aromatic nitrogens is 4. The molecular formula is C20H24ClN5O2. The molecule has 0 amide bonds. The van der Waals surface area contributed by atoms with Gasteiger partial charge in [0, 0.05) is 25.7 Å². The van der Waals surface area contributed by atoms with Gasteiger partial charge in [0.1, 0.15) is 5.82 Å². The second-order valence-electron chi connectivity index (χ2n) is 7.46. The molecule has 8 heteroatoms. The van der Waals surface area contributed by atoms with Gasteiger partial charge in [0.25, 0.3) is 5.56 Å². The maximum atomic E-state index is 12.9. The molecule has 0 unspecified atom stereocenters. The molecule has 0 aliphatic carbocycles. The topological polar surface area (TPSA) is 65.1 Å². The fraction of sp³-hybridized carbons (Fsp3) is 0.450. The quantitative estimate of drug-likeness (QED) is 0.671. The van der Waals surface area contributed by atoms with E-state index in [1.807, 2.05) is 28.8 Å². The van der Waals surface area contributed by atoms with Crippen molar-refractivity contribution in [1.82, 2.24) is 23.6 Å². The summed E-state index contributed by atoms with van der Waals surface area (Å²) in [6, 6.07) is 7.60. The average Bonchev–Trinajstić information content (AvgIpc) is 3.03. The van der Waals surface area contributed by atoms with Crippen molar-refractivity contribution in [2.45, 2.75) is 32.4 Å². The molecule has 1 aromatic carbocycles. The highest BCUT2D eigenvalue weighted by molar-refractivity contribution is 6.30. The van der Waals surface area contributed by atoms with Gasteiger partial charge in [-0.2, -0.15) is 0 Å². The van der Waals surface area contributed by atoms with E-state index in [4.69, 9.17) is 16.6 Å². The normalized spacial score (nSPS) is 15.4. The number of piperidine rings is 1. The van der Waals surface area contributed by atoms with E-state index in [1.54, 1.807) is 7.05 Å². The summed E-state index contributed by atoms with van der Waals surface area (Å²) in [5.41, 5.74) is 1.19. The number of likely N-dealkylation sites (tertiary alicyclic amines) is 1. The molecule has 3 aromatic rings. The maximum absolute atomic E-state index is 12.9. The number of hydrogen-bond donors (Lipinski definition) is 0. The van der Waals surface area contributed by atoms with Crippen LogP contribution in [0.25, 0.3) is 11.2 Å². The first-order valence-electron chi connectivity index (χ1n) is 9.57. The van der Waals surface area contributed by atoms with Gasteiger partial charge >= 0.3 is 5.69 Å². The number of imidazole rings is 1. The number of aryl methyl sites for hydroxylation is 1. The monoisotopic (exact) mass is 401 g/mol. The minimum atomic E-state index is -0.366. The van der Waals surface area contributed by atoms with Crippen molar-refractivity contribution in [3.8, 4) is 0 Å². The zero-order valence-corrected chi connectivity index (χ0v) is 16.9. The molecular weight excluding hydrogens is 378 g/mol. The molecule has 0 bridgehead atoms. The zero-order chi connectivity index (χ0) is 19.8. The Bertz CT molecular complexity index is 1140. The second kappa shape index (κ2) is 7.56. The fourth-order valence-corrected chi connectivity index (χ4v) is 4.13. The minimum absolute atomic E-state index is 0.322. The van der Waals surface area contributed by atoms with Crippen molar-refractivity contribution in [3.05, 3.63) is 61.5 Å². The van der Waals surface area contributed by atoms with Crippen LogP contribution < -0.4 is 11.2 Å². The molecule has 0 N–H and O–H groups in total. The molecule has 28 heavy (non-hydrogen) atoms. The van der Waals surface area contributed by atoms with Crippen LogP contribution in [0.5, 0.6) is 0 Å². The van der Waals surface area contributed by atoms with E-state index in [2.05, 4.69) is 4.90 Å². The van der Waals surface area contributed by atoms with Crippen molar-refractivity contribution >= 4 is 22.8 Å². The van der Waals surface area contributed by atoms with Gasteiger partial charge in [0.15, 0.2) is 11.2 Å². The Labute approximate surface area is 167 Å². The molecule has 0 atom stereocenters. The van der Waals surface area contributed by atoms with Crippen LogP contribution in [0.4, 0.5) is 0 Å². The Morgan fingerprint density at radius 1 is 1.04 bits per heavy atom. The first-order chi connectivity index (χ1) is 13.5. The van der Waals surface area contributed by atoms with E-state index in [9.17, 15) is 9.59 Å². The van der Waals surface area contributed by atoms with E-state index in [1.165, 1.54) is 30.9 Å². The number of benzene rings is 1.